The first-order chi connectivity index (χ1) is 11.8. The van der Waals surface area contributed by atoms with Crippen LogP contribution in [0.4, 0.5) is 8.78 Å². The molecule has 0 saturated heterocycles. The van der Waals surface area contributed by atoms with Gasteiger partial charge in [-0.15, -0.1) is 0 Å². The molecule has 1 amide bonds. The van der Waals surface area contributed by atoms with Crippen molar-refractivity contribution in [2.45, 2.75) is 39.2 Å². The Morgan fingerprint density at radius 1 is 1.24 bits per heavy atom. The molecule has 0 spiro atoms. The number of para-hydroxylation sites is 1. The molecule has 134 valence electrons. The molecule has 25 heavy (non-hydrogen) atoms. The number of hydrogen-bond donors (Lipinski definition) is 2. The second-order valence-corrected chi connectivity index (χ2v) is 5.66. The van der Waals surface area contributed by atoms with E-state index in [0.29, 0.717) is 11.3 Å². The Bertz CT molecular complexity index is 760. The van der Waals surface area contributed by atoms with E-state index in [1.807, 2.05) is 30.3 Å². The molecular weight excluding hydrogens is 332 g/mol. The zero-order chi connectivity index (χ0) is 18.6. The molecule has 2 aromatic rings. The summed E-state index contributed by atoms with van der Waals surface area (Å²) >= 11 is 0. The van der Waals surface area contributed by atoms with Crippen LogP contribution in [-0.4, -0.2) is 39.2 Å². The van der Waals surface area contributed by atoms with E-state index in [-0.39, 0.29) is 6.42 Å². The minimum Gasteiger partial charge on any atom is -0.480 e. The van der Waals surface area contributed by atoms with Crippen molar-refractivity contribution >= 4 is 11.9 Å². The Morgan fingerprint density at radius 2 is 1.88 bits per heavy atom. The number of benzene rings is 1. The molecule has 0 saturated carbocycles. The number of alkyl halides is 2. The lowest BCUT2D eigenvalue weighted by atomic mass is 10.1. The summed E-state index contributed by atoms with van der Waals surface area (Å²) in [6.45, 7) is 3.53. The summed E-state index contributed by atoms with van der Waals surface area (Å²) in [5, 5.41) is 15.5. The Balaban J connectivity index is 2.16. The molecule has 0 aliphatic rings. The van der Waals surface area contributed by atoms with E-state index in [0.717, 1.165) is 11.4 Å². The van der Waals surface area contributed by atoms with E-state index >= 15 is 0 Å². The fraction of sp³-hybridized carbons (Fsp3) is 0.353. The van der Waals surface area contributed by atoms with E-state index in [1.54, 1.807) is 18.5 Å². The summed E-state index contributed by atoms with van der Waals surface area (Å²) in [5.74, 6) is -2.12. The first-order valence-corrected chi connectivity index (χ1v) is 7.70. The van der Waals surface area contributed by atoms with Crippen LogP contribution in [0.15, 0.2) is 30.3 Å². The minimum atomic E-state index is -2.81. The SMILES string of the molecule is Cc1nn(-c2ccccc2)c(C)c1CC(=O)NC(CC(F)F)C(=O)O. The number of nitrogens with one attached hydrogen (secondary N) is 1. The quantitative estimate of drug-likeness (QED) is 0.801. The Kier molecular flexibility index (Phi) is 5.84. The smallest absolute Gasteiger partial charge is 0.326 e. The summed E-state index contributed by atoms with van der Waals surface area (Å²) in [4.78, 5) is 23.1. The van der Waals surface area contributed by atoms with Gasteiger partial charge in [-0.1, -0.05) is 18.2 Å². The molecule has 2 rings (SSSR count). The minimum absolute atomic E-state index is 0.127. The van der Waals surface area contributed by atoms with Gasteiger partial charge in [0.15, 0.2) is 0 Å². The molecule has 1 atom stereocenters. The fourth-order valence-electron chi connectivity index (χ4n) is 2.56. The van der Waals surface area contributed by atoms with Gasteiger partial charge >= 0.3 is 5.97 Å². The van der Waals surface area contributed by atoms with Crippen LogP contribution < -0.4 is 5.32 Å². The number of rotatable bonds is 7. The summed E-state index contributed by atoms with van der Waals surface area (Å²) in [7, 11) is 0. The molecule has 0 bridgehead atoms. The van der Waals surface area contributed by atoms with Crippen molar-refractivity contribution < 1.29 is 23.5 Å². The maximum Gasteiger partial charge on any atom is 0.326 e. The molecule has 6 nitrogen and oxygen atoms in total. The highest BCUT2D eigenvalue weighted by Crippen LogP contribution is 2.18. The van der Waals surface area contributed by atoms with Crippen LogP contribution in [0, 0.1) is 13.8 Å². The third kappa shape index (κ3) is 4.62. The van der Waals surface area contributed by atoms with Gasteiger partial charge < -0.3 is 10.4 Å². The van der Waals surface area contributed by atoms with Gasteiger partial charge in [-0.25, -0.2) is 18.3 Å². The molecule has 0 aliphatic heterocycles. The second-order valence-electron chi connectivity index (χ2n) is 5.66. The third-order valence-electron chi connectivity index (χ3n) is 3.83. The van der Waals surface area contributed by atoms with Crippen molar-refractivity contribution in [2.24, 2.45) is 0 Å². The monoisotopic (exact) mass is 351 g/mol. The van der Waals surface area contributed by atoms with E-state index in [1.165, 1.54) is 0 Å². The fourth-order valence-corrected chi connectivity index (χ4v) is 2.56. The van der Waals surface area contributed by atoms with E-state index in [4.69, 9.17) is 5.11 Å². The van der Waals surface area contributed by atoms with Gasteiger partial charge in [0.25, 0.3) is 0 Å². The zero-order valence-corrected chi connectivity index (χ0v) is 13.9. The van der Waals surface area contributed by atoms with Crippen molar-refractivity contribution in [3.8, 4) is 5.69 Å². The zero-order valence-electron chi connectivity index (χ0n) is 13.9. The topological polar surface area (TPSA) is 84.2 Å². The van der Waals surface area contributed by atoms with Gasteiger partial charge in [-0.05, 0) is 26.0 Å². The summed E-state index contributed by atoms with van der Waals surface area (Å²) in [6.07, 6.45) is -3.87. The lowest BCUT2D eigenvalue weighted by molar-refractivity contribution is -0.142. The number of halogens is 2. The van der Waals surface area contributed by atoms with Crippen LogP contribution in [0.1, 0.15) is 23.4 Å². The number of aryl methyl sites for hydroxylation is 1. The van der Waals surface area contributed by atoms with Crippen molar-refractivity contribution in [1.29, 1.82) is 0 Å². The predicted octanol–water partition coefficient (Wildman–Crippen LogP) is 2.26. The Morgan fingerprint density at radius 3 is 2.44 bits per heavy atom. The number of amides is 1. The number of carbonyl (C=O) groups excluding carboxylic acids is 1. The van der Waals surface area contributed by atoms with Gasteiger partial charge in [0.1, 0.15) is 6.04 Å². The van der Waals surface area contributed by atoms with Crippen LogP contribution in [0.2, 0.25) is 0 Å². The van der Waals surface area contributed by atoms with Gasteiger partial charge in [0.2, 0.25) is 12.3 Å². The van der Waals surface area contributed by atoms with Crippen molar-refractivity contribution in [2.75, 3.05) is 0 Å². The number of hydrogen-bond acceptors (Lipinski definition) is 3. The molecule has 1 aromatic carbocycles. The van der Waals surface area contributed by atoms with Crippen LogP contribution in [0.3, 0.4) is 0 Å². The van der Waals surface area contributed by atoms with Crippen LogP contribution in [0.5, 0.6) is 0 Å². The van der Waals surface area contributed by atoms with Crippen molar-refractivity contribution in [3.05, 3.63) is 47.3 Å². The molecule has 8 heteroatoms. The van der Waals surface area contributed by atoms with Gasteiger partial charge in [-0.3, -0.25) is 4.79 Å². The van der Waals surface area contributed by atoms with Gasteiger partial charge in [0, 0.05) is 17.7 Å². The average Bonchev–Trinajstić information content (AvgIpc) is 2.82. The molecular formula is C17H19F2N3O3. The first-order valence-electron chi connectivity index (χ1n) is 7.70. The lowest BCUT2D eigenvalue weighted by Gasteiger charge is -2.14. The summed E-state index contributed by atoms with van der Waals surface area (Å²) < 4.78 is 26.5. The second kappa shape index (κ2) is 7.87. The highest BCUT2D eigenvalue weighted by Gasteiger charge is 2.25. The standard InChI is InChI=1S/C17H19F2N3O3/c1-10-13(8-16(23)20-14(17(24)25)9-15(18)19)11(2)22(21-10)12-6-4-3-5-7-12/h3-7,14-15H,8-9H2,1-2H3,(H,20,23)(H,24,25). The number of carboxylic acids is 1. The number of aliphatic carboxylic acids is 1. The largest absolute Gasteiger partial charge is 0.480 e. The molecule has 0 fully saturated rings. The van der Waals surface area contributed by atoms with E-state index in [9.17, 15) is 18.4 Å². The highest BCUT2D eigenvalue weighted by molar-refractivity contribution is 5.85. The van der Waals surface area contributed by atoms with Crippen molar-refractivity contribution in [1.82, 2.24) is 15.1 Å². The molecule has 2 N–H and O–H groups in total. The molecule has 0 radical (unpaired) electrons. The summed E-state index contributed by atoms with van der Waals surface area (Å²) in [5.41, 5.74) is 2.83. The number of nitrogens with zero attached hydrogens (tertiary/aromatic N) is 2. The molecule has 1 aromatic heterocycles. The van der Waals surface area contributed by atoms with Crippen LogP contribution in [-0.2, 0) is 16.0 Å². The predicted molar refractivity (Wildman–Crippen MR) is 86.9 cm³/mol. The normalized spacial score (nSPS) is 12.2. The third-order valence-corrected chi connectivity index (χ3v) is 3.83. The Hall–Kier alpha value is -2.77. The lowest BCUT2D eigenvalue weighted by Crippen LogP contribution is -2.42. The van der Waals surface area contributed by atoms with Crippen LogP contribution in [0.25, 0.3) is 5.69 Å². The van der Waals surface area contributed by atoms with Gasteiger partial charge in [0.05, 0.1) is 17.8 Å². The first kappa shape index (κ1) is 18.6. The van der Waals surface area contributed by atoms with Gasteiger partial charge in [-0.2, -0.15) is 5.10 Å². The number of carbonyl (C=O) groups is 2. The number of aromatic nitrogens is 2. The molecule has 1 heterocycles. The molecule has 1 unspecified atom stereocenters. The Labute approximate surface area is 143 Å². The summed E-state index contributed by atoms with van der Waals surface area (Å²) in [6, 6.07) is 7.72. The molecule has 0 aliphatic carbocycles. The average molecular weight is 351 g/mol. The maximum atomic E-state index is 12.4. The highest BCUT2D eigenvalue weighted by atomic mass is 19.3. The van der Waals surface area contributed by atoms with E-state index < -0.39 is 30.8 Å². The van der Waals surface area contributed by atoms with Crippen LogP contribution >= 0.6 is 0 Å². The number of carboxylic acid groups (broad SMARTS) is 1. The van der Waals surface area contributed by atoms with Crippen molar-refractivity contribution in [3.63, 3.8) is 0 Å². The maximum absolute atomic E-state index is 12.4. The van der Waals surface area contributed by atoms with E-state index in [2.05, 4.69) is 10.4 Å².